The van der Waals surface area contributed by atoms with Crippen LogP contribution in [0.5, 0.6) is 0 Å². The largest absolute Gasteiger partial charge is 0.352 e. The Morgan fingerprint density at radius 3 is 2.21 bits per heavy atom. The molecule has 2 amide bonds. The van der Waals surface area contributed by atoms with Crippen molar-refractivity contribution in [3.8, 4) is 0 Å². The molecule has 224 valence electrons. The van der Waals surface area contributed by atoms with Gasteiger partial charge < -0.3 is 10.2 Å². The van der Waals surface area contributed by atoms with E-state index in [1.54, 1.807) is 12.1 Å². The summed E-state index contributed by atoms with van der Waals surface area (Å²) in [7, 11) is -4.15. The first-order chi connectivity index (χ1) is 20.0. The van der Waals surface area contributed by atoms with Crippen LogP contribution >= 0.6 is 11.6 Å². The average Bonchev–Trinajstić information content (AvgIpc) is 3.47. The van der Waals surface area contributed by atoms with Gasteiger partial charge in [0, 0.05) is 17.6 Å². The highest BCUT2D eigenvalue weighted by atomic mass is 35.5. The number of hydrogen-bond donors (Lipinski definition) is 1. The molecule has 1 fully saturated rings. The van der Waals surface area contributed by atoms with Crippen LogP contribution in [0.1, 0.15) is 61.3 Å². The molecule has 1 aliphatic carbocycles. The zero-order valence-electron chi connectivity index (χ0n) is 24.8. The summed E-state index contributed by atoms with van der Waals surface area (Å²) in [5, 5.41) is 3.56. The first-order valence-electron chi connectivity index (χ1n) is 14.5. The van der Waals surface area contributed by atoms with Crippen LogP contribution in [0, 0.1) is 20.8 Å². The van der Waals surface area contributed by atoms with Gasteiger partial charge in [0.1, 0.15) is 12.6 Å². The molecule has 1 saturated carbocycles. The number of anilines is 1. The van der Waals surface area contributed by atoms with Crippen LogP contribution < -0.4 is 9.62 Å². The molecule has 3 aromatic carbocycles. The van der Waals surface area contributed by atoms with E-state index < -0.39 is 28.5 Å². The van der Waals surface area contributed by atoms with E-state index in [1.807, 2.05) is 58.0 Å². The Morgan fingerprint density at radius 1 is 0.929 bits per heavy atom. The molecule has 0 heterocycles. The van der Waals surface area contributed by atoms with Gasteiger partial charge in [0.25, 0.3) is 10.0 Å². The smallest absolute Gasteiger partial charge is 0.264 e. The zero-order valence-corrected chi connectivity index (χ0v) is 26.3. The third-order valence-corrected chi connectivity index (χ3v) is 10.2. The van der Waals surface area contributed by atoms with E-state index in [0.717, 1.165) is 52.2 Å². The molecule has 1 N–H and O–H groups in total. The summed E-state index contributed by atoms with van der Waals surface area (Å²) in [6.07, 6.45) is 4.38. The number of hydrogen-bond acceptors (Lipinski definition) is 4. The minimum atomic E-state index is -4.15. The molecular weight excluding hydrogens is 570 g/mol. The summed E-state index contributed by atoms with van der Waals surface area (Å²) in [6.45, 7) is 7.41. The van der Waals surface area contributed by atoms with E-state index in [1.165, 1.54) is 29.2 Å². The van der Waals surface area contributed by atoms with Crippen LogP contribution in [0.25, 0.3) is 0 Å². The first kappa shape index (κ1) is 31.6. The minimum absolute atomic E-state index is 0.0226. The lowest BCUT2D eigenvalue weighted by Gasteiger charge is -2.34. The van der Waals surface area contributed by atoms with Gasteiger partial charge in [-0.1, -0.05) is 61.7 Å². The van der Waals surface area contributed by atoms with E-state index in [-0.39, 0.29) is 23.4 Å². The molecule has 3 aromatic rings. The number of nitrogens with one attached hydrogen (secondary N) is 1. The van der Waals surface area contributed by atoms with E-state index >= 15 is 0 Å². The molecule has 9 heteroatoms. The highest BCUT2D eigenvalue weighted by Gasteiger charge is 2.34. The van der Waals surface area contributed by atoms with Crippen molar-refractivity contribution in [2.75, 3.05) is 10.8 Å². The number of sulfonamides is 1. The van der Waals surface area contributed by atoms with Crippen LogP contribution in [-0.2, 0) is 26.2 Å². The molecule has 0 bridgehead atoms. The summed E-state index contributed by atoms with van der Waals surface area (Å²) in [5.74, 6) is -0.660. The Labute approximate surface area is 254 Å². The van der Waals surface area contributed by atoms with Crippen LogP contribution in [0.3, 0.4) is 0 Å². The fourth-order valence-corrected chi connectivity index (χ4v) is 6.93. The molecule has 0 aromatic heterocycles. The minimum Gasteiger partial charge on any atom is -0.352 e. The van der Waals surface area contributed by atoms with Crippen molar-refractivity contribution in [3.63, 3.8) is 0 Å². The van der Waals surface area contributed by atoms with Crippen molar-refractivity contribution in [3.05, 3.63) is 94.0 Å². The van der Waals surface area contributed by atoms with Gasteiger partial charge in [-0.2, -0.15) is 0 Å². The third kappa shape index (κ3) is 7.34. The number of carbonyl (C=O) groups excluding carboxylic acids is 2. The van der Waals surface area contributed by atoms with Gasteiger partial charge in [-0.25, -0.2) is 8.42 Å². The van der Waals surface area contributed by atoms with Crippen molar-refractivity contribution in [1.29, 1.82) is 0 Å². The van der Waals surface area contributed by atoms with Crippen molar-refractivity contribution >= 4 is 39.1 Å². The predicted molar refractivity (Wildman–Crippen MR) is 168 cm³/mol. The molecule has 1 aliphatic rings. The van der Waals surface area contributed by atoms with Gasteiger partial charge in [0.05, 0.1) is 10.6 Å². The molecular formula is C33H40ClN3O4S. The summed E-state index contributed by atoms with van der Waals surface area (Å²) in [6, 6.07) is 18.3. The Kier molecular flexibility index (Phi) is 10.3. The van der Waals surface area contributed by atoms with E-state index in [0.29, 0.717) is 17.1 Å². The van der Waals surface area contributed by atoms with Crippen molar-refractivity contribution in [2.24, 2.45) is 0 Å². The standard InChI is InChI=1S/C33H40ClN3O4S/c1-5-31(33(39)35-28-12-8-9-13-28)36(21-26-11-7-6-10-24(26)3)32(38)22-37(29-17-14-23(2)25(4)20-29)42(40,41)30-18-15-27(34)16-19-30/h6-7,10-11,14-20,28,31H,5,8-9,12-13,21-22H2,1-4H3,(H,35,39). The second-order valence-corrected chi connectivity index (χ2v) is 13.4. The number of aryl methyl sites for hydroxylation is 3. The highest BCUT2D eigenvalue weighted by molar-refractivity contribution is 7.92. The summed E-state index contributed by atoms with van der Waals surface area (Å²) >= 11 is 6.05. The normalized spacial score (nSPS) is 14.4. The van der Waals surface area contributed by atoms with Crippen molar-refractivity contribution in [1.82, 2.24) is 10.2 Å². The molecule has 0 radical (unpaired) electrons. The van der Waals surface area contributed by atoms with E-state index in [4.69, 9.17) is 11.6 Å². The Balaban J connectivity index is 1.74. The molecule has 4 rings (SSSR count). The lowest BCUT2D eigenvalue weighted by molar-refractivity contribution is -0.140. The predicted octanol–water partition coefficient (Wildman–Crippen LogP) is 6.33. The van der Waals surface area contributed by atoms with Crippen molar-refractivity contribution in [2.45, 2.75) is 83.3 Å². The van der Waals surface area contributed by atoms with Gasteiger partial charge in [-0.3, -0.25) is 13.9 Å². The topological polar surface area (TPSA) is 86.8 Å². The average molecular weight is 610 g/mol. The van der Waals surface area contributed by atoms with Gasteiger partial charge in [0.2, 0.25) is 11.8 Å². The molecule has 42 heavy (non-hydrogen) atoms. The molecule has 1 atom stereocenters. The number of carbonyl (C=O) groups is 2. The quantitative estimate of drug-likeness (QED) is 0.275. The second kappa shape index (κ2) is 13.7. The van der Waals surface area contributed by atoms with Gasteiger partial charge >= 0.3 is 0 Å². The molecule has 7 nitrogen and oxygen atoms in total. The number of rotatable bonds is 11. The zero-order chi connectivity index (χ0) is 30.4. The Morgan fingerprint density at radius 2 is 1.60 bits per heavy atom. The van der Waals surface area contributed by atoms with Gasteiger partial charge in [-0.05, 0) is 98.7 Å². The molecule has 1 unspecified atom stereocenters. The van der Waals surface area contributed by atoms with E-state index in [9.17, 15) is 18.0 Å². The number of halogens is 1. The summed E-state index contributed by atoms with van der Waals surface area (Å²) < 4.78 is 29.2. The highest BCUT2D eigenvalue weighted by Crippen LogP contribution is 2.28. The summed E-state index contributed by atoms with van der Waals surface area (Å²) in [4.78, 5) is 29.4. The van der Waals surface area contributed by atoms with E-state index in [2.05, 4.69) is 5.32 Å². The van der Waals surface area contributed by atoms with Crippen molar-refractivity contribution < 1.29 is 18.0 Å². The lowest BCUT2D eigenvalue weighted by Crippen LogP contribution is -2.53. The van der Waals surface area contributed by atoms with Gasteiger partial charge in [-0.15, -0.1) is 0 Å². The Bertz CT molecular complexity index is 1520. The maximum absolute atomic E-state index is 14.3. The maximum Gasteiger partial charge on any atom is 0.264 e. The SMILES string of the molecule is CCC(C(=O)NC1CCCC1)N(Cc1ccccc1C)C(=O)CN(c1ccc(C)c(C)c1)S(=O)(=O)c1ccc(Cl)cc1. The van der Waals surface area contributed by atoms with Crippen LogP contribution in [0.15, 0.2) is 71.6 Å². The number of benzene rings is 3. The molecule has 0 spiro atoms. The van der Waals surface area contributed by atoms with Crippen LogP contribution in [0.2, 0.25) is 5.02 Å². The number of nitrogens with zero attached hydrogens (tertiary/aromatic N) is 2. The molecule has 0 saturated heterocycles. The monoisotopic (exact) mass is 609 g/mol. The third-order valence-electron chi connectivity index (χ3n) is 8.15. The lowest BCUT2D eigenvalue weighted by atomic mass is 10.1. The summed E-state index contributed by atoms with van der Waals surface area (Å²) in [5.41, 5.74) is 4.17. The maximum atomic E-state index is 14.3. The van der Waals surface area contributed by atoms with Crippen LogP contribution in [-0.4, -0.2) is 43.8 Å². The number of amides is 2. The Hall–Kier alpha value is -3.36. The second-order valence-electron chi connectivity index (χ2n) is 11.1. The molecule has 0 aliphatic heterocycles. The fourth-order valence-electron chi connectivity index (χ4n) is 5.40. The fraction of sp³-hybridized carbons (Fsp3) is 0.394. The van der Waals surface area contributed by atoms with Gasteiger partial charge in [0.15, 0.2) is 0 Å². The van der Waals surface area contributed by atoms with Crippen LogP contribution in [0.4, 0.5) is 5.69 Å². The first-order valence-corrected chi connectivity index (χ1v) is 16.3.